The summed E-state index contributed by atoms with van der Waals surface area (Å²) in [5, 5.41) is 0. The number of hydrogen-bond acceptors (Lipinski definition) is 2. The number of imidazole rings is 1. The molecule has 0 aliphatic heterocycles. The Morgan fingerprint density at radius 1 is 1.56 bits per heavy atom. The average molecular weight is 221 g/mol. The van der Waals surface area contributed by atoms with Gasteiger partial charge in [-0.15, -0.1) is 0 Å². The molecule has 2 N–H and O–H groups in total. The van der Waals surface area contributed by atoms with Crippen LogP contribution in [0.25, 0.3) is 0 Å². The van der Waals surface area contributed by atoms with Gasteiger partial charge >= 0.3 is 0 Å². The van der Waals surface area contributed by atoms with Crippen LogP contribution in [-0.4, -0.2) is 16.1 Å². The molecule has 1 aliphatic carbocycles. The molecule has 1 aromatic rings. The van der Waals surface area contributed by atoms with Gasteiger partial charge in [0.1, 0.15) is 0 Å². The molecule has 1 heterocycles. The first-order valence-electron chi connectivity index (χ1n) is 6.49. The minimum atomic E-state index is 0.594. The minimum absolute atomic E-state index is 0.594. The van der Waals surface area contributed by atoms with Crippen molar-refractivity contribution in [1.82, 2.24) is 9.55 Å². The van der Waals surface area contributed by atoms with E-state index in [1.165, 1.54) is 31.4 Å². The molecule has 3 heteroatoms. The third kappa shape index (κ3) is 2.01. The molecule has 0 spiro atoms. The van der Waals surface area contributed by atoms with E-state index in [9.17, 15) is 0 Å². The lowest BCUT2D eigenvalue weighted by Gasteiger charge is -2.23. The smallest absolute Gasteiger partial charge is 0.0950 e. The predicted octanol–water partition coefficient (Wildman–Crippen LogP) is 2.70. The van der Waals surface area contributed by atoms with E-state index in [2.05, 4.69) is 23.4 Å². The molecular weight excluding hydrogens is 198 g/mol. The zero-order valence-electron chi connectivity index (χ0n) is 10.4. The highest BCUT2D eigenvalue weighted by Crippen LogP contribution is 2.37. The zero-order valence-corrected chi connectivity index (χ0v) is 10.4. The van der Waals surface area contributed by atoms with E-state index in [0.29, 0.717) is 17.9 Å². The van der Waals surface area contributed by atoms with Crippen LogP contribution in [-0.2, 0) is 0 Å². The molecule has 0 amide bonds. The van der Waals surface area contributed by atoms with Crippen molar-refractivity contribution < 1.29 is 0 Å². The van der Waals surface area contributed by atoms with Crippen LogP contribution < -0.4 is 5.73 Å². The van der Waals surface area contributed by atoms with Gasteiger partial charge in [0.2, 0.25) is 0 Å². The van der Waals surface area contributed by atoms with Gasteiger partial charge in [-0.3, -0.25) is 0 Å². The number of nitrogens with two attached hydrogens (primary N) is 1. The Balaban J connectivity index is 2.22. The van der Waals surface area contributed by atoms with Crippen LogP contribution in [0.5, 0.6) is 0 Å². The van der Waals surface area contributed by atoms with Gasteiger partial charge in [0, 0.05) is 17.9 Å². The second kappa shape index (κ2) is 5.00. The first kappa shape index (κ1) is 11.6. The van der Waals surface area contributed by atoms with E-state index in [4.69, 9.17) is 5.73 Å². The van der Waals surface area contributed by atoms with Crippen molar-refractivity contribution in [1.29, 1.82) is 0 Å². The Bertz CT molecular complexity index is 332. The topological polar surface area (TPSA) is 43.8 Å². The van der Waals surface area contributed by atoms with Crippen LogP contribution in [0.1, 0.15) is 57.2 Å². The maximum Gasteiger partial charge on any atom is 0.0950 e. The number of nitrogens with zero attached hydrogens (tertiary/aromatic N) is 2. The van der Waals surface area contributed by atoms with Gasteiger partial charge in [-0.25, -0.2) is 4.98 Å². The van der Waals surface area contributed by atoms with Crippen molar-refractivity contribution in [2.45, 2.75) is 51.5 Å². The number of hydrogen-bond donors (Lipinski definition) is 1. The summed E-state index contributed by atoms with van der Waals surface area (Å²) in [5.74, 6) is 1.25. The molecule has 90 valence electrons. The van der Waals surface area contributed by atoms with Crippen molar-refractivity contribution in [3.05, 3.63) is 18.2 Å². The molecular formula is C13H23N3. The highest BCUT2D eigenvalue weighted by atomic mass is 15.1. The summed E-state index contributed by atoms with van der Waals surface area (Å²) in [6, 6.07) is 0.594. The standard InChI is InChI=1S/C13H23N3/c1-3-10(2)13-8-15-9-16(13)12-6-4-5-11(12)7-14/h8-12H,3-7,14H2,1-2H3. The lowest BCUT2D eigenvalue weighted by molar-refractivity contribution is 0.373. The van der Waals surface area contributed by atoms with Gasteiger partial charge in [-0.2, -0.15) is 0 Å². The molecule has 3 unspecified atom stereocenters. The molecule has 0 aromatic carbocycles. The van der Waals surface area contributed by atoms with E-state index >= 15 is 0 Å². The summed E-state index contributed by atoms with van der Waals surface area (Å²) in [5.41, 5.74) is 7.24. The largest absolute Gasteiger partial charge is 0.331 e. The molecule has 16 heavy (non-hydrogen) atoms. The van der Waals surface area contributed by atoms with E-state index in [0.717, 1.165) is 6.54 Å². The lowest BCUT2D eigenvalue weighted by atomic mass is 10.0. The Hall–Kier alpha value is -0.830. The summed E-state index contributed by atoms with van der Waals surface area (Å²) in [4.78, 5) is 4.33. The Labute approximate surface area is 98.1 Å². The second-order valence-corrected chi connectivity index (χ2v) is 5.03. The first-order valence-corrected chi connectivity index (χ1v) is 6.49. The van der Waals surface area contributed by atoms with E-state index in [1.54, 1.807) is 0 Å². The molecule has 3 atom stereocenters. The fourth-order valence-corrected chi connectivity index (χ4v) is 2.84. The SMILES string of the molecule is CCC(C)c1cncn1C1CCCC1CN. The highest BCUT2D eigenvalue weighted by Gasteiger charge is 2.29. The van der Waals surface area contributed by atoms with Gasteiger partial charge in [0.15, 0.2) is 0 Å². The Kier molecular flexibility index (Phi) is 3.64. The number of aromatic nitrogens is 2. The van der Waals surface area contributed by atoms with Crippen LogP contribution in [0.4, 0.5) is 0 Å². The first-order chi connectivity index (χ1) is 7.77. The lowest BCUT2D eigenvalue weighted by Crippen LogP contribution is -2.22. The maximum atomic E-state index is 5.86. The Morgan fingerprint density at radius 3 is 3.06 bits per heavy atom. The molecule has 0 saturated heterocycles. The van der Waals surface area contributed by atoms with Crippen LogP contribution in [0.2, 0.25) is 0 Å². The monoisotopic (exact) mass is 221 g/mol. The van der Waals surface area contributed by atoms with Crippen LogP contribution >= 0.6 is 0 Å². The predicted molar refractivity (Wildman–Crippen MR) is 66.4 cm³/mol. The molecule has 3 nitrogen and oxygen atoms in total. The van der Waals surface area contributed by atoms with E-state index < -0.39 is 0 Å². The second-order valence-electron chi connectivity index (χ2n) is 5.03. The summed E-state index contributed by atoms with van der Waals surface area (Å²) in [6.07, 6.45) is 9.05. The minimum Gasteiger partial charge on any atom is -0.331 e. The quantitative estimate of drug-likeness (QED) is 0.849. The molecule has 2 rings (SSSR count). The fraction of sp³-hybridized carbons (Fsp3) is 0.769. The van der Waals surface area contributed by atoms with Gasteiger partial charge in [0.05, 0.1) is 6.33 Å². The van der Waals surface area contributed by atoms with Crippen molar-refractivity contribution in [3.8, 4) is 0 Å². The molecule has 1 fully saturated rings. The van der Waals surface area contributed by atoms with E-state index in [1.807, 2.05) is 12.5 Å². The summed E-state index contributed by atoms with van der Waals surface area (Å²) < 4.78 is 2.39. The average Bonchev–Trinajstić information content (AvgIpc) is 2.94. The third-order valence-electron chi connectivity index (χ3n) is 4.09. The van der Waals surface area contributed by atoms with Gasteiger partial charge in [0.25, 0.3) is 0 Å². The molecule has 1 aliphatic rings. The summed E-state index contributed by atoms with van der Waals surface area (Å²) in [7, 11) is 0. The summed E-state index contributed by atoms with van der Waals surface area (Å²) >= 11 is 0. The molecule has 1 aromatic heterocycles. The van der Waals surface area contributed by atoms with Crippen LogP contribution in [0, 0.1) is 5.92 Å². The zero-order chi connectivity index (χ0) is 11.5. The van der Waals surface area contributed by atoms with Gasteiger partial charge in [-0.1, -0.05) is 20.3 Å². The summed E-state index contributed by atoms with van der Waals surface area (Å²) in [6.45, 7) is 5.32. The third-order valence-corrected chi connectivity index (χ3v) is 4.09. The van der Waals surface area contributed by atoms with Gasteiger partial charge < -0.3 is 10.3 Å². The van der Waals surface area contributed by atoms with Crippen molar-refractivity contribution in [2.24, 2.45) is 11.7 Å². The Morgan fingerprint density at radius 2 is 2.38 bits per heavy atom. The van der Waals surface area contributed by atoms with Crippen LogP contribution in [0.3, 0.4) is 0 Å². The normalized spacial score (nSPS) is 27.2. The van der Waals surface area contributed by atoms with Crippen molar-refractivity contribution >= 4 is 0 Å². The highest BCUT2D eigenvalue weighted by molar-refractivity contribution is 5.07. The maximum absolute atomic E-state index is 5.86. The van der Waals surface area contributed by atoms with Crippen LogP contribution in [0.15, 0.2) is 12.5 Å². The van der Waals surface area contributed by atoms with E-state index in [-0.39, 0.29) is 0 Å². The molecule has 0 radical (unpaired) electrons. The fourth-order valence-electron chi connectivity index (χ4n) is 2.84. The molecule has 0 bridgehead atoms. The molecule has 1 saturated carbocycles. The van der Waals surface area contributed by atoms with Gasteiger partial charge in [-0.05, 0) is 37.6 Å². The van der Waals surface area contributed by atoms with Crippen molar-refractivity contribution in [2.75, 3.05) is 6.54 Å². The van der Waals surface area contributed by atoms with Crippen molar-refractivity contribution in [3.63, 3.8) is 0 Å². The number of rotatable bonds is 4.